The maximum atomic E-state index is 3.90. The van der Waals surface area contributed by atoms with Crippen LogP contribution in [0.4, 0.5) is 0 Å². The molecule has 1 N–H and O–H groups in total. The maximum absolute atomic E-state index is 3.90. The van der Waals surface area contributed by atoms with E-state index in [-0.39, 0.29) is 0 Å². The van der Waals surface area contributed by atoms with Crippen LogP contribution in [0.5, 0.6) is 0 Å². The lowest BCUT2D eigenvalue weighted by Gasteiger charge is -2.43. The Morgan fingerprint density at radius 3 is 2.44 bits per heavy atom. The molecule has 2 fully saturated rings. The van der Waals surface area contributed by atoms with Crippen molar-refractivity contribution >= 4 is 0 Å². The first-order chi connectivity index (χ1) is 8.36. The minimum absolute atomic E-state index is 0.508. The second-order valence-electron chi connectivity index (χ2n) is 7.81. The van der Waals surface area contributed by atoms with Crippen LogP contribution >= 0.6 is 0 Å². The summed E-state index contributed by atoms with van der Waals surface area (Å²) in [6.07, 6.45) is 6.98. The molecule has 0 aromatic carbocycles. The lowest BCUT2D eigenvalue weighted by molar-refractivity contribution is 0.109. The highest BCUT2D eigenvalue weighted by Crippen LogP contribution is 2.62. The first-order valence-electron chi connectivity index (χ1n) is 7.74. The number of unbranched alkanes of at least 4 members (excludes halogenated alkanes) is 1. The van der Waals surface area contributed by atoms with E-state index in [4.69, 9.17) is 0 Å². The fraction of sp³-hybridized carbons (Fsp3) is 1.00. The van der Waals surface area contributed by atoms with Crippen molar-refractivity contribution in [3.05, 3.63) is 0 Å². The van der Waals surface area contributed by atoms with Crippen molar-refractivity contribution in [2.24, 2.45) is 16.7 Å². The van der Waals surface area contributed by atoms with Crippen LogP contribution < -0.4 is 5.32 Å². The van der Waals surface area contributed by atoms with Gasteiger partial charge < -0.3 is 10.2 Å². The van der Waals surface area contributed by atoms with Gasteiger partial charge in [-0.05, 0) is 76.0 Å². The molecule has 0 spiro atoms. The third-order valence-electron chi connectivity index (χ3n) is 5.65. The van der Waals surface area contributed by atoms with Crippen LogP contribution in [-0.4, -0.2) is 38.1 Å². The Kier molecular flexibility index (Phi) is 4.08. The van der Waals surface area contributed by atoms with Gasteiger partial charge in [0, 0.05) is 6.04 Å². The molecule has 18 heavy (non-hydrogen) atoms. The maximum Gasteiger partial charge on any atom is 0.0175 e. The van der Waals surface area contributed by atoms with Crippen LogP contribution in [-0.2, 0) is 0 Å². The van der Waals surface area contributed by atoms with Crippen molar-refractivity contribution < 1.29 is 0 Å². The lowest BCUT2D eigenvalue weighted by Crippen LogP contribution is -2.50. The topological polar surface area (TPSA) is 15.3 Å². The van der Waals surface area contributed by atoms with E-state index >= 15 is 0 Å². The van der Waals surface area contributed by atoms with E-state index in [2.05, 4.69) is 45.1 Å². The number of rotatable bonds is 6. The second kappa shape index (κ2) is 5.13. The molecule has 2 nitrogen and oxygen atoms in total. The predicted octanol–water partition coefficient (Wildman–Crippen LogP) is 3.13. The summed E-state index contributed by atoms with van der Waals surface area (Å²) in [5.41, 5.74) is 1.09. The second-order valence-corrected chi connectivity index (χ2v) is 7.81. The molecule has 2 saturated carbocycles. The van der Waals surface area contributed by atoms with Crippen molar-refractivity contribution in [2.45, 2.75) is 58.9 Å². The number of hydrogen-bond donors (Lipinski definition) is 1. The minimum atomic E-state index is 0.508. The summed E-state index contributed by atoms with van der Waals surface area (Å²) in [5, 5.41) is 3.90. The molecule has 0 amide bonds. The SMILES string of the molecule is CN(C)CCCCNC1C2(C)CCC(C2)C1(C)C. The zero-order chi connectivity index (χ0) is 13.4. The van der Waals surface area contributed by atoms with Crippen LogP contribution in [0.1, 0.15) is 52.9 Å². The normalized spacial score (nSPS) is 37.7. The Morgan fingerprint density at radius 2 is 1.89 bits per heavy atom. The van der Waals surface area contributed by atoms with Crippen molar-refractivity contribution in [3.63, 3.8) is 0 Å². The van der Waals surface area contributed by atoms with E-state index in [1.165, 1.54) is 45.2 Å². The van der Waals surface area contributed by atoms with E-state index in [1.54, 1.807) is 0 Å². The highest BCUT2D eigenvalue weighted by molar-refractivity contribution is 5.11. The first-order valence-corrected chi connectivity index (χ1v) is 7.74. The van der Waals surface area contributed by atoms with Gasteiger partial charge in [0.1, 0.15) is 0 Å². The van der Waals surface area contributed by atoms with Gasteiger partial charge in [0.25, 0.3) is 0 Å². The molecule has 2 aliphatic carbocycles. The van der Waals surface area contributed by atoms with Gasteiger partial charge in [0.2, 0.25) is 0 Å². The molecule has 0 radical (unpaired) electrons. The molecule has 0 aromatic heterocycles. The molecule has 3 unspecified atom stereocenters. The quantitative estimate of drug-likeness (QED) is 0.731. The average molecular weight is 252 g/mol. The summed E-state index contributed by atoms with van der Waals surface area (Å²) < 4.78 is 0. The molecule has 2 bridgehead atoms. The smallest absolute Gasteiger partial charge is 0.0175 e. The molecule has 3 atom stereocenters. The molecule has 2 rings (SSSR count). The first kappa shape index (κ1) is 14.3. The van der Waals surface area contributed by atoms with Crippen LogP contribution in [0.3, 0.4) is 0 Å². The highest BCUT2D eigenvalue weighted by atomic mass is 15.0. The Morgan fingerprint density at radius 1 is 1.17 bits per heavy atom. The van der Waals surface area contributed by atoms with Crippen molar-refractivity contribution in [1.29, 1.82) is 0 Å². The fourth-order valence-electron chi connectivity index (χ4n) is 4.61. The van der Waals surface area contributed by atoms with Crippen LogP contribution in [0.15, 0.2) is 0 Å². The van der Waals surface area contributed by atoms with Gasteiger partial charge in [0.05, 0.1) is 0 Å². The molecular formula is C16H32N2. The lowest BCUT2D eigenvalue weighted by atomic mass is 9.68. The van der Waals surface area contributed by atoms with Gasteiger partial charge in [-0.2, -0.15) is 0 Å². The summed E-state index contributed by atoms with van der Waals surface area (Å²) in [6.45, 7) is 9.90. The minimum Gasteiger partial charge on any atom is -0.313 e. The van der Waals surface area contributed by atoms with Gasteiger partial charge in [-0.3, -0.25) is 0 Å². The van der Waals surface area contributed by atoms with Gasteiger partial charge in [-0.15, -0.1) is 0 Å². The van der Waals surface area contributed by atoms with Crippen LogP contribution in [0.25, 0.3) is 0 Å². The van der Waals surface area contributed by atoms with Crippen LogP contribution in [0, 0.1) is 16.7 Å². The third-order valence-corrected chi connectivity index (χ3v) is 5.65. The molecule has 0 aromatic rings. The fourth-order valence-corrected chi connectivity index (χ4v) is 4.61. The molecule has 0 saturated heterocycles. The van der Waals surface area contributed by atoms with Crippen molar-refractivity contribution in [2.75, 3.05) is 27.2 Å². The largest absolute Gasteiger partial charge is 0.313 e. The summed E-state index contributed by atoms with van der Waals surface area (Å²) >= 11 is 0. The summed E-state index contributed by atoms with van der Waals surface area (Å²) in [6, 6.07) is 0.739. The van der Waals surface area contributed by atoms with Gasteiger partial charge in [0.15, 0.2) is 0 Å². The van der Waals surface area contributed by atoms with E-state index < -0.39 is 0 Å². The van der Waals surface area contributed by atoms with E-state index in [9.17, 15) is 0 Å². The Balaban J connectivity index is 1.78. The molecule has 2 aliphatic rings. The van der Waals surface area contributed by atoms with Gasteiger partial charge in [-0.1, -0.05) is 20.8 Å². The van der Waals surface area contributed by atoms with Gasteiger partial charge >= 0.3 is 0 Å². The number of nitrogens with one attached hydrogen (secondary N) is 1. The Labute approximate surface area is 114 Å². The van der Waals surface area contributed by atoms with Gasteiger partial charge in [-0.25, -0.2) is 0 Å². The monoisotopic (exact) mass is 252 g/mol. The van der Waals surface area contributed by atoms with E-state index in [0.29, 0.717) is 10.8 Å². The third kappa shape index (κ3) is 2.60. The number of hydrogen-bond acceptors (Lipinski definition) is 2. The average Bonchev–Trinajstić information content (AvgIpc) is 2.72. The van der Waals surface area contributed by atoms with Crippen molar-refractivity contribution in [1.82, 2.24) is 10.2 Å². The highest BCUT2D eigenvalue weighted by Gasteiger charge is 2.58. The Bertz CT molecular complexity index is 280. The van der Waals surface area contributed by atoms with Crippen molar-refractivity contribution in [3.8, 4) is 0 Å². The number of nitrogens with zero attached hydrogens (tertiary/aromatic N) is 1. The summed E-state index contributed by atoms with van der Waals surface area (Å²) in [5.74, 6) is 0.960. The van der Waals surface area contributed by atoms with E-state index in [1.807, 2.05) is 0 Å². The molecule has 0 heterocycles. The molecule has 106 valence electrons. The number of fused-ring (bicyclic) bond motifs is 2. The molecule has 0 aliphatic heterocycles. The zero-order valence-corrected chi connectivity index (χ0v) is 13.1. The molecular weight excluding hydrogens is 220 g/mol. The predicted molar refractivity (Wildman–Crippen MR) is 78.8 cm³/mol. The van der Waals surface area contributed by atoms with Crippen LogP contribution in [0.2, 0.25) is 0 Å². The Hall–Kier alpha value is -0.0800. The standard InChI is InChI=1S/C16H32N2/c1-15(2)13-8-9-16(3,12-13)14(15)17-10-6-7-11-18(4)5/h13-14,17H,6-12H2,1-5H3. The zero-order valence-electron chi connectivity index (χ0n) is 13.1. The summed E-state index contributed by atoms with van der Waals surface area (Å²) in [4.78, 5) is 2.28. The molecule has 2 heteroatoms. The van der Waals surface area contributed by atoms with E-state index in [0.717, 1.165) is 12.0 Å². The summed E-state index contributed by atoms with van der Waals surface area (Å²) in [7, 11) is 4.32.